The van der Waals surface area contributed by atoms with E-state index in [4.69, 9.17) is 4.74 Å². The van der Waals surface area contributed by atoms with Gasteiger partial charge in [-0.25, -0.2) is 4.98 Å². The van der Waals surface area contributed by atoms with Crippen molar-refractivity contribution in [1.82, 2.24) is 15.3 Å². The normalized spacial score (nSPS) is 17.0. The Morgan fingerprint density at radius 1 is 1.29 bits per heavy atom. The second-order valence-electron chi connectivity index (χ2n) is 5.83. The first-order valence-corrected chi connectivity index (χ1v) is 7.66. The van der Waals surface area contributed by atoms with E-state index in [2.05, 4.69) is 33.5 Å². The lowest BCUT2D eigenvalue weighted by Crippen LogP contribution is -2.36. The minimum atomic E-state index is 0.194. The molecule has 1 fully saturated rings. The van der Waals surface area contributed by atoms with Crippen LogP contribution in [0.15, 0.2) is 36.7 Å². The van der Waals surface area contributed by atoms with E-state index in [-0.39, 0.29) is 5.41 Å². The molecule has 0 saturated heterocycles. The zero-order valence-corrected chi connectivity index (χ0v) is 12.6. The third-order valence-electron chi connectivity index (χ3n) is 4.55. The van der Waals surface area contributed by atoms with E-state index in [1.54, 1.807) is 13.3 Å². The first-order valence-electron chi connectivity index (χ1n) is 7.66. The van der Waals surface area contributed by atoms with Crippen LogP contribution in [0, 0.1) is 0 Å². The van der Waals surface area contributed by atoms with Crippen LogP contribution >= 0.6 is 0 Å². The Morgan fingerprint density at radius 2 is 2.10 bits per heavy atom. The second-order valence-corrected chi connectivity index (χ2v) is 5.83. The Hall–Kier alpha value is -1.81. The Morgan fingerprint density at radius 3 is 2.81 bits per heavy atom. The topological polar surface area (TPSA) is 49.9 Å². The molecule has 1 heterocycles. The smallest absolute Gasteiger partial charge is 0.122 e. The standard InChI is InChI=1S/C17H23N3O/c1-21-15-7-3-2-6-14(15)17(8-4-5-9-17)13-18-12-16-19-10-11-20-16/h2-3,6-7,10-11,18H,4-5,8-9,12-13H2,1H3,(H,19,20). The fourth-order valence-corrected chi connectivity index (χ4v) is 3.49. The lowest BCUT2D eigenvalue weighted by atomic mass is 9.78. The number of ether oxygens (including phenoxy) is 1. The molecule has 0 spiro atoms. The van der Waals surface area contributed by atoms with Crippen LogP contribution in [0.4, 0.5) is 0 Å². The zero-order chi connectivity index (χ0) is 14.5. The van der Waals surface area contributed by atoms with Gasteiger partial charge in [-0.15, -0.1) is 0 Å². The molecule has 112 valence electrons. The lowest BCUT2D eigenvalue weighted by Gasteiger charge is -2.31. The molecule has 0 atom stereocenters. The number of aromatic amines is 1. The van der Waals surface area contributed by atoms with E-state index in [0.29, 0.717) is 0 Å². The summed E-state index contributed by atoms with van der Waals surface area (Å²) in [6, 6.07) is 8.45. The van der Waals surface area contributed by atoms with Crippen molar-refractivity contribution in [2.75, 3.05) is 13.7 Å². The number of nitrogens with zero attached hydrogens (tertiary/aromatic N) is 1. The van der Waals surface area contributed by atoms with E-state index in [0.717, 1.165) is 24.7 Å². The highest BCUT2D eigenvalue weighted by Gasteiger charge is 2.37. The Kier molecular flexibility index (Phi) is 4.25. The number of benzene rings is 1. The van der Waals surface area contributed by atoms with Gasteiger partial charge in [0.25, 0.3) is 0 Å². The van der Waals surface area contributed by atoms with Crippen molar-refractivity contribution < 1.29 is 4.74 Å². The maximum absolute atomic E-state index is 5.59. The maximum atomic E-state index is 5.59. The van der Waals surface area contributed by atoms with Crippen LogP contribution in [0.1, 0.15) is 37.1 Å². The van der Waals surface area contributed by atoms with Gasteiger partial charge in [-0.05, 0) is 18.9 Å². The Balaban J connectivity index is 1.76. The second kappa shape index (κ2) is 6.31. The molecule has 3 rings (SSSR count). The van der Waals surface area contributed by atoms with Gasteiger partial charge in [0.05, 0.1) is 13.7 Å². The molecule has 4 nitrogen and oxygen atoms in total. The Labute approximate surface area is 125 Å². The molecule has 2 N–H and O–H groups in total. The summed E-state index contributed by atoms with van der Waals surface area (Å²) in [6.45, 7) is 1.75. The van der Waals surface area contributed by atoms with Crippen LogP contribution in [0.2, 0.25) is 0 Å². The summed E-state index contributed by atoms with van der Waals surface area (Å²) in [5, 5.41) is 3.57. The lowest BCUT2D eigenvalue weighted by molar-refractivity contribution is 0.360. The van der Waals surface area contributed by atoms with E-state index < -0.39 is 0 Å². The Bertz CT molecular complexity index is 559. The summed E-state index contributed by atoms with van der Waals surface area (Å²) in [5.74, 6) is 2.00. The number of nitrogens with one attached hydrogen (secondary N) is 2. The first kappa shape index (κ1) is 14.1. The molecular formula is C17H23N3O. The molecule has 0 radical (unpaired) electrons. The number of aromatic nitrogens is 2. The molecule has 2 aromatic rings. The number of imidazole rings is 1. The van der Waals surface area contributed by atoms with Crippen molar-refractivity contribution in [2.24, 2.45) is 0 Å². The molecule has 0 unspecified atom stereocenters. The highest BCUT2D eigenvalue weighted by atomic mass is 16.5. The van der Waals surface area contributed by atoms with Gasteiger partial charge in [-0.1, -0.05) is 31.0 Å². The van der Waals surface area contributed by atoms with Crippen LogP contribution in [0.5, 0.6) is 5.75 Å². The number of rotatable bonds is 6. The highest BCUT2D eigenvalue weighted by molar-refractivity contribution is 5.40. The molecular weight excluding hydrogens is 262 g/mol. The van der Waals surface area contributed by atoms with Crippen LogP contribution < -0.4 is 10.1 Å². The van der Waals surface area contributed by atoms with Crippen LogP contribution in [0.25, 0.3) is 0 Å². The average Bonchev–Trinajstić information content (AvgIpc) is 3.20. The molecule has 0 bridgehead atoms. The van der Waals surface area contributed by atoms with E-state index in [1.165, 1.54) is 31.2 Å². The van der Waals surface area contributed by atoms with E-state index in [9.17, 15) is 0 Å². The van der Waals surface area contributed by atoms with Crippen molar-refractivity contribution in [1.29, 1.82) is 0 Å². The number of methoxy groups -OCH3 is 1. The summed E-state index contributed by atoms with van der Waals surface area (Å²) in [5.41, 5.74) is 1.54. The van der Waals surface area contributed by atoms with Crippen molar-refractivity contribution in [3.8, 4) is 5.75 Å². The van der Waals surface area contributed by atoms with Crippen molar-refractivity contribution in [3.63, 3.8) is 0 Å². The molecule has 1 aromatic carbocycles. The molecule has 0 aliphatic heterocycles. The van der Waals surface area contributed by atoms with Gasteiger partial charge in [0.15, 0.2) is 0 Å². The van der Waals surface area contributed by atoms with Gasteiger partial charge in [0.1, 0.15) is 11.6 Å². The third-order valence-corrected chi connectivity index (χ3v) is 4.55. The summed E-state index contributed by atoms with van der Waals surface area (Å²) in [6.07, 6.45) is 8.68. The highest BCUT2D eigenvalue weighted by Crippen LogP contribution is 2.44. The van der Waals surface area contributed by atoms with Crippen molar-refractivity contribution in [2.45, 2.75) is 37.6 Å². The summed E-state index contributed by atoms with van der Waals surface area (Å²) < 4.78 is 5.59. The average molecular weight is 285 g/mol. The van der Waals surface area contributed by atoms with Crippen LogP contribution in [0.3, 0.4) is 0 Å². The van der Waals surface area contributed by atoms with Crippen molar-refractivity contribution >= 4 is 0 Å². The molecule has 0 amide bonds. The largest absolute Gasteiger partial charge is 0.496 e. The van der Waals surface area contributed by atoms with Gasteiger partial charge in [-0.2, -0.15) is 0 Å². The van der Waals surface area contributed by atoms with Gasteiger partial charge < -0.3 is 15.0 Å². The quantitative estimate of drug-likeness (QED) is 0.857. The van der Waals surface area contributed by atoms with E-state index >= 15 is 0 Å². The molecule has 1 aliphatic rings. The molecule has 1 saturated carbocycles. The summed E-state index contributed by atoms with van der Waals surface area (Å²) in [4.78, 5) is 7.41. The third kappa shape index (κ3) is 2.95. The van der Waals surface area contributed by atoms with Crippen LogP contribution in [-0.2, 0) is 12.0 Å². The summed E-state index contributed by atoms with van der Waals surface area (Å²) in [7, 11) is 1.76. The maximum Gasteiger partial charge on any atom is 0.122 e. The fraction of sp³-hybridized carbons (Fsp3) is 0.471. The predicted octanol–water partition coefficient (Wildman–Crippen LogP) is 3.02. The molecule has 4 heteroatoms. The van der Waals surface area contributed by atoms with Crippen molar-refractivity contribution in [3.05, 3.63) is 48.0 Å². The number of H-pyrrole nitrogens is 1. The number of hydrogen-bond donors (Lipinski definition) is 2. The van der Waals surface area contributed by atoms with Gasteiger partial charge in [-0.3, -0.25) is 0 Å². The SMILES string of the molecule is COc1ccccc1C1(CNCc2ncc[nH]2)CCCC1. The van der Waals surface area contributed by atoms with Crippen LogP contribution in [-0.4, -0.2) is 23.6 Å². The molecule has 1 aromatic heterocycles. The monoisotopic (exact) mass is 285 g/mol. The first-order chi connectivity index (χ1) is 10.3. The van der Waals surface area contributed by atoms with Gasteiger partial charge in [0, 0.05) is 29.9 Å². The summed E-state index contributed by atoms with van der Waals surface area (Å²) >= 11 is 0. The van der Waals surface area contributed by atoms with E-state index in [1.807, 2.05) is 12.3 Å². The molecule has 21 heavy (non-hydrogen) atoms. The minimum absolute atomic E-state index is 0.194. The van der Waals surface area contributed by atoms with Gasteiger partial charge >= 0.3 is 0 Å². The number of para-hydroxylation sites is 1. The minimum Gasteiger partial charge on any atom is -0.496 e. The fourth-order valence-electron chi connectivity index (χ4n) is 3.49. The van der Waals surface area contributed by atoms with Gasteiger partial charge in [0.2, 0.25) is 0 Å². The molecule has 1 aliphatic carbocycles. The zero-order valence-electron chi connectivity index (χ0n) is 12.6. The predicted molar refractivity (Wildman–Crippen MR) is 83.4 cm³/mol. The number of hydrogen-bond acceptors (Lipinski definition) is 3.